The van der Waals surface area contributed by atoms with Crippen molar-refractivity contribution in [2.45, 2.75) is 96.6 Å². The zero-order chi connectivity index (χ0) is 24.3. The molecular formula is C30H46N4O. The first-order chi connectivity index (χ1) is 17.0. The van der Waals surface area contributed by atoms with Crippen molar-refractivity contribution in [1.82, 2.24) is 20.9 Å². The lowest BCUT2D eigenvalue weighted by Crippen LogP contribution is -2.61. The first-order valence-corrected chi connectivity index (χ1v) is 14.4. The Balaban J connectivity index is 1.31. The van der Waals surface area contributed by atoms with Crippen molar-refractivity contribution >= 4 is 16.8 Å². The van der Waals surface area contributed by atoms with Crippen LogP contribution in [0.4, 0.5) is 0 Å². The third-order valence-corrected chi connectivity index (χ3v) is 9.40. The quantitative estimate of drug-likeness (QED) is 0.456. The molecule has 5 heteroatoms. The zero-order valence-corrected chi connectivity index (χ0v) is 21.9. The van der Waals surface area contributed by atoms with E-state index < -0.39 is 0 Å². The number of carbonyl (C=O) groups excluding carboxylic acids is 1. The fourth-order valence-electron chi connectivity index (χ4n) is 7.43. The lowest BCUT2D eigenvalue weighted by molar-refractivity contribution is 0.0665. The third kappa shape index (κ3) is 5.61. The summed E-state index contributed by atoms with van der Waals surface area (Å²) >= 11 is 0. The number of aromatic amines is 1. The summed E-state index contributed by atoms with van der Waals surface area (Å²) in [5, 5.41) is 12.2. The number of hydrogen-bond acceptors (Lipinski definition) is 3. The van der Waals surface area contributed by atoms with E-state index in [1.165, 1.54) is 69.8 Å². The van der Waals surface area contributed by atoms with Crippen molar-refractivity contribution in [1.29, 1.82) is 0 Å². The van der Waals surface area contributed by atoms with Gasteiger partial charge < -0.3 is 20.9 Å². The topological polar surface area (TPSA) is 69.0 Å². The van der Waals surface area contributed by atoms with Crippen LogP contribution in [0.2, 0.25) is 0 Å². The van der Waals surface area contributed by atoms with Crippen molar-refractivity contribution in [3.63, 3.8) is 0 Å². The van der Waals surface area contributed by atoms with Gasteiger partial charge >= 0.3 is 0 Å². The van der Waals surface area contributed by atoms with Crippen LogP contribution >= 0.6 is 0 Å². The summed E-state index contributed by atoms with van der Waals surface area (Å²) < 4.78 is 0. The Morgan fingerprint density at radius 3 is 2.49 bits per heavy atom. The standard InChI is InChI=1S/C30H46N4O/c1-21-11-10-12-23-17-25(33-26(21)23)29(35)34-28(24-13-16-31-19-24)27-22(2)18-30(20-32-27)14-8-6-4-3-5-7-9-15-30/h10-12,17,22,24,27-28,31-33H,3-9,13-16,18-20H2,1-2H3,(H,34,35). The average molecular weight is 479 g/mol. The molecule has 0 radical (unpaired) electrons. The first kappa shape index (κ1) is 24.8. The summed E-state index contributed by atoms with van der Waals surface area (Å²) in [5.41, 5.74) is 3.37. The maximum Gasteiger partial charge on any atom is 0.268 e. The van der Waals surface area contributed by atoms with E-state index in [0.29, 0.717) is 29.0 Å². The molecule has 1 saturated carbocycles. The second-order valence-electron chi connectivity index (χ2n) is 12.0. The molecule has 2 aliphatic heterocycles. The molecule has 4 unspecified atom stereocenters. The number of benzene rings is 1. The van der Waals surface area contributed by atoms with Crippen molar-refractivity contribution in [3.8, 4) is 0 Å². The van der Waals surface area contributed by atoms with E-state index >= 15 is 0 Å². The van der Waals surface area contributed by atoms with Gasteiger partial charge in [0.05, 0.1) is 0 Å². The number of hydrogen-bond donors (Lipinski definition) is 4. The molecule has 192 valence electrons. The Labute approximate surface area is 211 Å². The van der Waals surface area contributed by atoms with E-state index in [-0.39, 0.29) is 11.9 Å². The Kier molecular flexibility index (Phi) is 7.83. The molecule has 4 N–H and O–H groups in total. The van der Waals surface area contributed by atoms with Crippen molar-refractivity contribution in [2.75, 3.05) is 19.6 Å². The third-order valence-electron chi connectivity index (χ3n) is 9.40. The minimum absolute atomic E-state index is 0.0329. The van der Waals surface area contributed by atoms with Gasteiger partial charge in [0.15, 0.2) is 0 Å². The SMILES string of the molecule is Cc1cccc2cc(C(=O)NC(C3CCNC3)C3NCC4(CCCCCCCCC4)CC3C)[nH]c12. The normalized spacial score (nSPS) is 28.7. The number of rotatable bonds is 4. The molecule has 2 saturated heterocycles. The second-order valence-corrected chi connectivity index (χ2v) is 12.0. The summed E-state index contributed by atoms with van der Waals surface area (Å²) in [4.78, 5) is 16.9. The van der Waals surface area contributed by atoms with Crippen LogP contribution < -0.4 is 16.0 Å². The molecule has 3 aliphatic rings. The molecule has 1 aromatic heterocycles. The Bertz CT molecular complexity index is 981. The summed E-state index contributed by atoms with van der Waals surface area (Å²) in [6.45, 7) is 7.68. The lowest BCUT2D eigenvalue weighted by atomic mass is 9.66. The summed E-state index contributed by atoms with van der Waals surface area (Å²) in [7, 11) is 0. The van der Waals surface area contributed by atoms with Gasteiger partial charge in [0.1, 0.15) is 5.69 Å². The predicted octanol–water partition coefficient (Wildman–Crippen LogP) is 5.69. The van der Waals surface area contributed by atoms with Crippen molar-refractivity contribution in [3.05, 3.63) is 35.5 Å². The number of nitrogens with one attached hydrogen (secondary N) is 4. The van der Waals surface area contributed by atoms with Crippen molar-refractivity contribution < 1.29 is 4.79 Å². The van der Waals surface area contributed by atoms with Gasteiger partial charge in [-0.2, -0.15) is 0 Å². The van der Waals surface area contributed by atoms with Gasteiger partial charge in [-0.3, -0.25) is 4.79 Å². The lowest BCUT2D eigenvalue weighted by Gasteiger charge is -2.48. The Hall–Kier alpha value is -1.85. The zero-order valence-electron chi connectivity index (χ0n) is 21.9. The molecule has 1 aromatic carbocycles. The number of amides is 1. The second kappa shape index (κ2) is 11.0. The van der Waals surface area contributed by atoms with Gasteiger partial charge in [-0.1, -0.05) is 70.1 Å². The van der Waals surface area contributed by atoms with Crippen LogP contribution in [0.15, 0.2) is 24.3 Å². The monoisotopic (exact) mass is 478 g/mol. The highest BCUT2D eigenvalue weighted by Gasteiger charge is 2.43. The number of aromatic nitrogens is 1. The molecular weight excluding hydrogens is 432 g/mol. The summed E-state index contributed by atoms with van der Waals surface area (Å²) in [6.07, 6.45) is 15.0. The highest BCUT2D eigenvalue weighted by Crippen LogP contribution is 2.43. The van der Waals surface area contributed by atoms with E-state index in [1.807, 2.05) is 6.07 Å². The maximum absolute atomic E-state index is 13.5. The summed E-state index contributed by atoms with van der Waals surface area (Å²) in [6, 6.07) is 8.72. The van der Waals surface area contributed by atoms with Crippen LogP contribution in [0.25, 0.3) is 10.9 Å². The van der Waals surface area contributed by atoms with Crippen LogP contribution in [0.3, 0.4) is 0 Å². The Morgan fingerprint density at radius 1 is 1.09 bits per heavy atom. The molecule has 5 nitrogen and oxygen atoms in total. The molecule has 1 amide bonds. The molecule has 3 heterocycles. The Morgan fingerprint density at radius 2 is 1.83 bits per heavy atom. The number of para-hydroxylation sites is 1. The maximum atomic E-state index is 13.5. The predicted molar refractivity (Wildman–Crippen MR) is 145 cm³/mol. The number of fused-ring (bicyclic) bond motifs is 1. The molecule has 5 rings (SSSR count). The largest absolute Gasteiger partial charge is 0.350 e. The van der Waals surface area contributed by atoms with Gasteiger partial charge in [-0.05, 0) is 68.0 Å². The fourth-order valence-corrected chi connectivity index (χ4v) is 7.43. The van der Waals surface area contributed by atoms with Gasteiger partial charge in [0.2, 0.25) is 0 Å². The highest BCUT2D eigenvalue weighted by atomic mass is 16.2. The van der Waals surface area contributed by atoms with E-state index in [9.17, 15) is 4.79 Å². The van der Waals surface area contributed by atoms with Crippen molar-refractivity contribution in [2.24, 2.45) is 17.3 Å². The average Bonchev–Trinajstić information content (AvgIpc) is 3.53. The van der Waals surface area contributed by atoms with Crippen LogP contribution in [-0.2, 0) is 0 Å². The van der Waals surface area contributed by atoms with E-state index in [1.54, 1.807) is 0 Å². The number of piperidine rings is 1. The van der Waals surface area contributed by atoms with Crippen LogP contribution in [0.5, 0.6) is 0 Å². The van der Waals surface area contributed by atoms with E-state index in [2.05, 4.69) is 53.0 Å². The number of aryl methyl sites for hydroxylation is 1. The summed E-state index contributed by atoms with van der Waals surface area (Å²) in [5.74, 6) is 1.07. The fraction of sp³-hybridized carbons (Fsp3) is 0.700. The number of H-pyrrole nitrogens is 1. The minimum Gasteiger partial charge on any atom is -0.350 e. The van der Waals surface area contributed by atoms with E-state index in [0.717, 1.165) is 37.0 Å². The van der Waals surface area contributed by atoms with E-state index in [4.69, 9.17) is 0 Å². The van der Waals surface area contributed by atoms with Crippen LogP contribution in [-0.4, -0.2) is 42.6 Å². The highest BCUT2D eigenvalue weighted by molar-refractivity contribution is 5.98. The molecule has 2 aromatic rings. The van der Waals surface area contributed by atoms with Gasteiger partial charge in [0, 0.05) is 36.1 Å². The minimum atomic E-state index is 0.0329. The molecule has 35 heavy (non-hydrogen) atoms. The van der Waals surface area contributed by atoms with Gasteiger partial charge in [0.25, 0.3) is 5.91 Å². The molecule has 1 spiro atoms. The molecule has 1 aliphatic carbocycles. The van der Waals surface area contributed by atoms with Crippen LogP contribution in [0, 0.1) is 24.2 Å². The molecule has 3 fully saturated rings. The van der Waals surface area contributed by atoms with Gasteiger partial charge in [-0.15, -0.1) is 0 Å². The molecule has 4 atom stereocenters. The number of carbonyl (C=O) groups is 1. The smallest absolute Gasteiger partial charge is 0.268 e. The molecule has 0 bridgehead atoms. The first-order valence-electron chi connectivity index (χ1n) is 14.4. The van der Waals surface area contributed by atoms with Gasteiger partial charge in [-0.25, -0.2) is 0 Å². The van der Waals surface area contributed by atoms with Crippen LogP contribution in [0.1, 0.15) is 93.6 Å².